The number of fused-ring (bicyclic) bond motifs is 3. The molecule has 1 saturated heterocycles. The smallest absolute Gasteiger partial charge is 0.262 e. The van der Waals surface area contributed by atoms with E-state index in [0.29, 0.717) is 17.0 Å². The molecule has 1 unspecified atom stereocenters. The Hall–Kier alpha value is -2.83. The Morgan fingerprint density at radius 3 is 3.15 bits per heavy atom. The second kappa shape index (κ2) is 5.59. The number of nitrogens with zero attached hydrogens (tertiary/aromatic N) is 2. The summed E-state index contributed by atoms with van der Waals surface area (Å²) < 4.78 is 5.45. The lowest BCUT2D eigenvalue weighted by Crippen LogP contribution is -2.47. The zero-order valence-corrected chi connectivity index (χ0v) is 14.4. The maximum atomic E-state index is 13.1. The minimum absolute atomic E-state index is 0.0123. The summed E-state index contributed by atoms with van der Waals surface area (Å²) in [7, 11) is 0. The van der Waals surface area contributed by atoms with E-state index in [1.807, 2.05) is 11.1 Å². The van der Waals surface area contributed by atoms with Crippen LogP contribution in [-0.4, -0.2) is 46.6 Å². The molecule has 134 valence electrons. The number of hydrogen-bond donors (Lipinski definition) is 2. The number of carbonyl (C=O) groups excluding carboxylic acids is 2. The second-order valence-electron chi connectivity index (χ2n) is 7.43. The van der Waals surface area contributed by atoms with Crippen molar-refractivity contribution in [3.8, 4) is 5.75 Å². The van der Waals surface area contributed by atoms with Crippen molar-refractivity contribution >= 4 is 17.5 Å². The lowest BCUT2D eigenvalue weighted by Gasteiger charge is -2.40. The van der Waals surface area contributed by atoms with E-state index in [0.717, 1.165) is 38.8 Å². The Morgan fingerprint density at radius 2 is 2.23 bits per heavy atom. The minimum Gasteiger partial charge on any atom is -0.482 e. The first-order valence-electron chi connectivity index (χ1n) is 9.03. The van der Waals surface area contributed by atoms with E-state index < -0.39 is 0 Å². The van der Waals surface area contributed by atoms with Crippen LogP contribution < -0.4 is 10.1 Å². The molecule has 3 aliphatic rings. The zero-order chi connectivity index (χ0) is 17.7. The number of aromatic nitrogens is 2. The molecule has 2 aromatic rings. The summed E-state index contributed by atoms with van der Waals surface area (Å²) in [5.41, 5.74) is 3.73. The number of benzene rings is 1. The zero-order valence-electron chi connectivity index (χ0n) is 14.4. The first kappa shape index (κ1) is 15.4. The van der Waals surface area contributed by atoms with Gasteiger partial charge in [-0.1, -0.05) is 0 Å². The number of nitrogens with one attached hydrogen (secondary N) is 2. The molecule has 1 aromatic heterocycles. The molecule has 26 heavy (non-hydrogen) atoms. The second-order valence-corrected chi connectivity index (χ2v) is 7.43. The number of anilines is 1. The molecule has 7 nitrogen and oxygen atoms in total. The monoisotopic (exact) mass is 352 g/mol. The standard InChI is InChI=1S/C19H20N4O3/c24-16-10-26-15-8-12(2-3-14(15)21-16)18(25)23-7-1-5-19(11-23)6-4-13-9-20-22-17(13)19/h2-3,8-9H,1,4-7,10-11H2,(H,20,22)(H,21,24). The fourth-order valence-electron chi connectivity index (χ4n) is 4.56. The van der Waals surface area contributed by atoms with Gasteiger partial charge in [0, 0.05) is 29.8 Å². The van der Waals surface area contributed by atoms with Crippen molar-refractivity contribution in [2.24, 2.45) is 0 Å². The summed E-state index contributed by atoms with van der Waals surface area (Å²) in [6.45, 7) is 1.47. The molecule has 1 aromatic carbocycles. The first-order valence-corrected chi connectivity index (χ1v) is 9.03. The average molecular weight is 352 g/mol. The van der Waals surface area contributed by atoms with Crippen LogP contribution in [0.3, 0.4) is 0 Å². The maximum absolute atomic E-state index is 13.1. The number of ether oxygens (including phenoxy) is 1. The Kier molecular flexibility index (Phi) is 3.32. The normalized spacial score (nSPS) is 24.0. The van der Waals surface area contributed by atoms with Crippen LogP contribution in [0.1, 0.15) is 40.9 Å². The molecule has 2 N–H and O–H groups in total. The number of carbonyl (C=O) groups is 2. The topological polar surface area (TPSA) is 87.3 Å². The summed E-state index contributed by atoms with van der Waals surface area (Å²) >= 11 is 0. The molecule has 0 radical (unpaired) electrons. The van der Waals surface area contributed by atoms with Crippen LogP contribution in [0.25, 0.3) is 0 Å². The molecule has 7 heteroatoms. The minimum atomic E-state index is -0.175. The lowest BCUT2D eigenvalue weighted by molar-refractivity contribution is -0.118. The fraction of sp³-hybridized carbons (Fsp3) is 0.421. The van der Waals surface area contributed by atoms with Gasteiger partial charge in [-0.15, -0.1) is 0 Å². The van der Waals surface area contributed by atoms with E-state index in [4.69, 9.17) is 4.74 Å². The van der Waals surface area contributed by atoms with Gasteiger partial charge in [0.15, 0.2) is 6.61 Å². The summed E-state index contributed by atoms with van der Waals surface area (Å²) in [6.07, 6.45) is 6.09. The first-order chi connectivity index (χ1) is 12.6. The predicted molar refractivity (Wildman–Crippen MR) is 94.3 cm³/mol. The number of aryl methyl sites for hydroxylation is 1. The number of amides is 2. The van der Waals surface area contributed by atoms with Crippen molar-refractivity contribution in [1.29, 1.82) is 0 Å². The Balaban J connectivity index is 1.40. The predicted octanol–water partition coefficient (Wildman–Crippen LogP) is 1.86. The SMILES string of the molecule is O=C1COc2cc(C(=O)N3CCCC4(CCc5cn[nH]c54)C3)ccc2N1. The highest BCUT2D eigenvalue weighted by atomic mass is 16.5. The highest BCUT2D eigenvalue weighted by molar-refractivity contribution is 5.99. The van der Waals surface area contributed by atoms with Gasteiger partial charge in [0.2, 0.25) is 0 Å². The molecule has 5 rings (SSSR count). The number of rotatable bonds is 1. The Bertz CT molecular complexity index is 906. The highest BCUT2D eigenvalue weighted by Gasteiger charge is 2.44. The molecule has 2 aliphatic heterocycles. The van der Waals surface area contributed by atoms with Crippen molar-refractivity contribution in [3.05, 3.63) is 41.2 Å². The van der Waals surface area contributed by atoms with Crippen molar-refractivity contribution in [1.82, 2.24) is 15.1 Å². The third-order valence-corrected chi connectivity index (χ3v) is 5.85. The molecule has 1 aliphatic carbocycles. The molecular weight excluding hydrogens is 332 g/mol. The molecule has 3 heterocycles. The summed E-state index contributed by atoms with van der Waals surface area (Å²) in [5, 5.41) is 10.1. The number of likely N-dealkylation sites (tertiary alicyclic amines) is 1. The van der Waals surface area contributed by atoms with E-state index in [1.54, 1.807) is 18.2 Å². The molecule has 1 fully saturated rings. The van der Waals surface area contributed by atoms with Crippen molar-refractivity contribution in [3.63, 3.8) is 0 Å². The summed E-state index contributed by atoms with van der Waals surface area (Å²) in [4.78, 5) is 26.4. The van der Waals surface area contributed by atoms with Crippen molar-refractivity contribution < 1.29 is 14.3 Å². The van der Waals surface area contributed by atoms with E-state index >= 15 is 0 Å². The molecular formula is C19H20N4O3. The Labute approximate surface area is 150 Å². The number of piperidine rings is 1. The third-order valence-electron chi connectivity index (χ3n) is 5.85. The van der Waals surface area contributed by atoms with Gasteiger partial charge in [0.1, 0.15) is 5.75 Å². The molecule has 1 atom stereocenters. The van der Waals surface area contributed by atoms with Gasteiger partial charge >= 0.3 is 0 Å². The van der Waals surface area contributed by atoms with Crippen LogP contribution >= 0.6 is 0 Å². The molecule has 0 saturated carbocycles. The maximum Gasteiger partial charge on any atom is 0.262 e. The largest absolute Gasteiger partial charge is 0.482 e. The number of H-pyrrole nitrogens is 1. The average Bonchev–Trinajstić information content (AvgIpc) is 3.26. The van der Waals surface area contributed by atoms with Crippen molar-refractivity contribution in [2.75, 3.05) is 25.0 Å². The van der Waals surface area contributed by atoms with Gasteiger partial charge in [-0.05, 0) is 49.4 Å². The van der Waals surface area contributed by atoms with E-state index in [9.17, 15) is 9.59 Å². The van der Waals surface area contributed by atoms with Gasteiger partial charge in [0.25, 0.3) is 11.8 Å². The van der Waals surface area contributed by atoms with E-state index in [2.05, 4.69) is 15.5 Å². The van der Waals surface area contributed by atoms with Gasteiger partial charge < -0.3 is 15.0 Å². The lowest BCUT2D eigenvalue weighted by atomic mass is 9.77. The molecule has 1 spiro atoms. The van der Waals surface area contributed by atoms with Gasteiger partial charge in [-0.3, -0.25) is 14.7 Å². The van der Waals surface area contributed by atoms with Crippen LogP contribution in [0.15, 0.2) is 24.4 Å². The van der Waals surface area contributed by atoms with Crippen LogP contribution in [0.5, 0.6) is 5.75 Å². The van der Waals surface area contributed by atoms with E-state index in [1.165, 1.54) is 11.3 Å². The Morgan fingerprint density at radius 1 is 1.31 bits per heavy atom. The summed E-state index contributed by atoms with van der Waals surface area (Å²) in [6, 6.07) is 5.23. The molecule has 2 amide bonds. The third kappa shape index (κ3) is 2.30. The molecule has 0 bridgehead atoms. The fourth-order valence-corrected chi connectivity index (χ4v) is 4.56. The van der Waals surface area contributed by atoms with Gasteiger partial charge in [0.05, 0.1) is 11.9 Å². The van der Waals surface area contributed by atoms with Crippen LogP contribution in [0.4, 0.5) is 5.69 Å². The van der Waals surface area contributed by atoms with Gasteiger partial charge in [-0.2, -0.15) is 5.10 Å². The van der Waals surface area contributed by atoms with Crippen LogP contribution in [0.2, 0.25) is 0 Å². The van der Waals surface area contributed by atoms with Crippen LogP contribution in [0, 0.1) is 0 Å². The van der Waals surface area contributed by atoms with Crippen molar-refractivity contribution in [2.45, 2.75) is 31.1 Å². The van der Waals surface area contributed by atoms with Gasteiger partial charge in [-0.25, -0.2) is 0 Å². The quantitative estimate of drug-likeness (QED) is 0.820. The summed E-state index contributed by atoms with van der Waals surface area (Å²) in [5.74, 6) is 0.394. The van der Waals surface area contributed by atoms with Crippen LogP contribution in [-0.2, 0) is 16.6 Å². The highest BCUT2D eigenvalue weighted by Crippen LogP contribution is 2.44. The number of aromatic amines is 1. The number of hydrogen-bond acceptors (Lipinski definition) is 4. The van der Waals surface area contributed by atoms with E-state index in [-0.39, 0.29) is 23.8 Å².